The van der Waals surface area contributed by atoms with Crippen molar-refractivity contribution in [2.45, 2.75) is 51.2 Å². The quantitative estimate of drug-likeness (QED) is 0.884. The molecular weight excluding hydrogens is 264 g/mol. The monoisotopic (exact) mass is 290 g/mol. The molecule has 2 fully saturated rings. The predicted octanol–water partition coefficient (Wildman–Crippen LogP) is 1.72. The minimum atomic E-state index is -0.431. The van der Waals surface area contributed by atoms with Crippen LogP contribution in [0.5, 0.6) is 0 Å². The number of fused-ring (bicyclic) bond motifs is 1. The van der Waals surface area contributed by atoms with Crippen LogP contribution in [-0.2, 0) is 6.54 Å². The third-order valence-corrected chi connectivity index (χ3v) is 4.98. The molecule has 1 aliphatic carbocycles. The molecule has 5 heteroatoms. The van der Waals surface area contributed by atoms with E-state index in [9.17, 15) is 5.11 Å². The molecule has 2 aliphatic rings. The van der Waals surface area contributed by atoms with Crippen LogP contribution in [0.1, 0.15) is 44.6 Å². The molecule has 0 radical (unpaired) electrons. The largest absolute Gasteiger partial charge is 0.389 e. The highest BCUT2D eigenvalue weighted by molar-refractivity contribution is 5.32. The fraction of sp³-hybridized carbons (Fsp3) is 0.750. The van der Waals surface area contributed by atoms with Gasteiger partial charge in [0.1, 0.15) is 0 Å². The highest BCUT2D eigenvalue weighted by atomic mass is 16.3. The molecule has 21 heavy (non-hydrogen) atoms. The second-order valence-corrected chi connectivity index (χ2v) is 6.41. The van der Waals surface area contributed by atoms with E-state index < -0.39 is 5.60 Å². The van der Waals surface area contributed by atoms with Crippen LogP contribution in [0.2, 0.25) is 0 Å². The van der Waals surface area contributed by atoms with Crippen molar-refractivity contribution in [3.8, 4) is 0 Å². The van der Waals surface area contributed by atoms with Gasteiger partial charge in [-0.1, -0.05) is 19.8 Å². The average molecular weight is 290 g/mol. The Bertz CT molecular complexity index is 464. The number of nitrogens with zero attached hydrogens (tertiary/aromatic N) is 3. The first-order valence-corrected chi connectivity index (χ1v) is 8.20. The Labute approximate surface area is 126 Å². The van der Waals surface area contributed by atoms with Gasteiger partial charge >= 0.3 is 0 Å². The summed E-state index contributed by atoms with van der Waals surface area (Å²) < 4.78 is 0. The molecule has 2 unspecified atom stereocenters. The summed E-state index contributed by atoms with van der Waals surface area (Å²) in [5.41, 5.74) is 0.687. The second-order valence-electron chi connectivity index (χ2n) is 6.41. The van der Waals surface area contributed by atoms with Crippen LogP contribution in [0.4, 0.5) is 5.95 Å². The molecular formula is C16H26N4O. The average Bonchev–Trinajstić information content (AvgIpc) is 2.52. The molecule has 1 saturated carbocycles. The van der Waals surface area contributed by atoms with Crippen molar-refractivity contribution in [2.75, 3.05) is 24.5 Å². The number of rotatable bonds is 4. The van der Waals surface area contributed by atoms with Crippen LogP contribution in [0.15, 0.2) is 12.4 Å². The molecule has 0 amide bonds. The Balaban J connectivity index is 1.65. The van der Waals surface area contributed by atoms with Gasteiger partial charge in [0.2, 0.25) is 5.95 Å². The third-order valence-electron chi connectivity index (χ3n) is 4.98. The van der Waals surface area contributed by atoms with Crippen LogP contribution >= 0.6 is 0 Å². The molecule has 1 saturated heterocycles. The van der Waals surface area contributed by atoms with E-state index in [2.05, 4.69) is 27.1 Å². The number of nitrogens with one attached hydrogen (secondary N) is 1. The summed E-state index contributed by atoms with van der Waals surface area (Å²) in [6.07, 6.45) is 9.17. The zero-order chi connectivity index (χ0) is 14.7. The molecule has 2 atom stereocenters. The van der Waals surface area contributed by atoms with E-state index in [0.29, 0.717) is 5.92 Å². The van der Waals surface area contributed by atoms with Crippen LogP contribution in [-0.4, -0.2) is 40.3 Å². The number of aliphatic hydroxyl groups is 1. The second kappa shape index (κ2) is 6.28. The first kappa shape index (κ1) is 14.7. The molecule has 0 bridgehead atoms. The summed E-state index contributed by atoms with van der Waals surface area (Å²) in [4.78, 5) is 11.3. The summed E-state index contributed by atoms with van der Waals surface area (Å²) >= 11 is 0. The van der Waals surface area contributed by atoms with Crippen LogP contribution < -0.4 is 10.2 Å². The van der Waals surface area contributed by atoms with Crippen molar-refractivity contribution in [1.82, 2.24) is 15.3 Å². The fourth-order valence-electron chi connectivity index (χ4n) is 3.62. The number of piperidine rings is 1. The molecule has 1 aliphatic heterocycles. The molecule has 3 rings (SSSR count). The van der Waals surface area contributed by atoms with E-state index in [1.165, 1.54) is 12.8 Å². The fourth-order valence-corrected chi connectivity index (χ4v) is 3.62. The lowest BCUT2D eigenvalue weighted by atomic mass is 9.71. The van der Waals surface area contributed by atoms with Crippen molar-refractivity contribution in [3.63, 3.8) is 0 Å². The molecule has 5 nitrogen and oxygen atoms in total. The Morgan fingerprint density at radius 3 is 2.90 bits per heavy atom. The van der Waals surface area contributed by atoms with Crippen LogP contribution in [0.3, 0.4) is 0 Å². The summed E-state index contributed by atoms with van der Waals surface area (Å²) in [6.45, 7) is 5.62. The highest BCUT2D eigenvalue weighted by Crippen LogP contribution is 2.40. The molecule has 1 aromatic rings. The van der Waals surface area contributed by atoms with Gasteiger partial charge in [-0.3, -0.25) is 0 Å². The summed E-state index contributed by atoms with van der Waals surface area (Å²) in [5, 5.41) is 14.0. The van der Waals surface area contributed by atoms with Gasteiger partial charge in [-0.2, -0.15) is 0 Å². The first-order valence-electron chi connectivity index (χ1n) is 8.20. The number of hydrogen-bond donors (Lipinski definition) is 2. The van der Waals surface area contributed by atoms with Gasteiger partial charge in [-0.05, 0) is 25.8 Å². The Morgan fingerprint density at radius 2 is 2.14 bits per heavy atom. The lowest BCUT2D eigenvalue weighted by Gasteiger charge is -2.47. The smallest absolute Gasteiger partial charge is 0.225 e. The van der Waals surface area contributed by atoms with E-state index in [0.717, 1.165) is 57.0 Å². The topological polar surface area (TPSA) is 61.3 Å². The summed E-state index contributed by atoms with van der Waals surface area (Å²) in [5.74, 6) is 1.19. The van der Waals surface area contributed by atoms with Gasteiger partial charge < -0.3 is 15.3 Å². The zero-order valence-electron chi connectivity index (χ0n) is 12.9. The predicted molar refractivity (Wildman–Crippen MR) is 83.2 cm³/mol. The normalized spacial score (nSPS) is 29.2. The summed E-state index contributed by atoms with van der Waals surface area (Å²) in [6, 6.07) is 0. The standard InChI is InChI=1S/C16H26N4O/c1-2-17-9-13-10-18-15(19-11-13)20-8-7-16(21)6-4-3-5-14(16)12-20/h10-11,14,17,21H,2-9,12H2,1H3. The lowest BCUT2D eigenvalue weighted by Crippen LogP contribution is -2.53. The van der Waals surface area contributed by atoms with E-state index in [1.54, 1.807) is 0 Å². The Morgan fingerprint density at radius 1 is 1.33 bits per heavy atom. The van der Waals surface area contributed by atoms with E-state index in [4.69, 9.17) is 0 Å². The third kappa shape index (κ3) is 3.19. The molecule has 2 N–H and O–H groups in total. The van der Waals surface area contributed by atoms with Crippen molar-refractivity contribution in [2.24, 2.45) is 5.92 Å². The van der Waals surface area contributed by atoms with Gasteiger partial charge in [0.25, 0.3) is 0 Å². The van der Waals surface area contributed by atoms with E-state index in [-0.39, 0.29) is 0 Å². The van der Waals surface area contributed by atoms with Gasteiger partial charge in [-0.25, -0.2) is 9.97 Å². The maximum atomic E-state index is 10.7. The maximum Gasteiger partial charge on any atom is 0.225 e. The Kier molecular flexibility index (Phi) is 4.40. The van der Waals surface area contributed by atoms with Crippen molar-refractivity contribution in [3.05, 3.63) is 18.0 Å². The minimum Gasteiger partial charge on any atom is -0.389 e. The molecule has 1 aromatic heterocycles. The van der Waals surface area contributed by atoms with Gasteiger partial charge in [0.15, 0.2) is 0 Å². The summed E-state index contributed by atoms with van der Waals surface area (Å²) in [7, 11) is 0. The number of aromatic nitrogens is 2. The molecule has 116 valence electrons. The molecule has 0 spiro atoms. The number of hydrogen-bond acceptors (Lipinski definition) is 5. The van der Waals surface area contributed by atoms with Crippen molar-refractivity contribution in [1.29, 1.82) is 0 Å². The lowest BCUT2D eigenvalue weighted by molar-refractivity contribution is -0.0614. The highest BCUT2D eigenvalue weighted by Gasteiger charge is 2.43. The van der Waals surface area contributed by atoms with Crippen molar-refractivity contribution >= 4 is 5.95 Å². The van der Waals surface area contributed by atoms with Crippen LogP contribution in [0.25, 0.3) is 0 Å². The SMILES string of the molecule is CCNCc1cnc(N2CCC3(O)CCCCC3C2)nc1. The van der Waals surface area contributed by atoms with Crippen LogP contribution in [0, 0.1) is 5.92 Å². The van der Waals surface area contributed by atoms with E-state index >= 15 is 0 Å². The molecule has 2 heterocycles. The van der Waals surface area contributed by atoms with Gasteiger partial charge in [0, 0.05) is 43.5 Å². The molecule has 0 aromatic carbocycles. The van der Waals surface area contributed by atoms with Crippen molar-refractivity contribution < 1.29 is 5.11 Å². The first-order chi connectivity index (χ1) is 10.2. The van der Waals surface area contributed by atoms with E-state index in [1.807, 2.05) is 12.4 Å². The number of anilines is 1. The minimum absolute atomic E-state index is 0.380. The van der Waals surface area contributed by atoms with Gasteiger partial charge in [0.05, 0.1) is 5.60 Å². The Hall–Kier alpha value is -1.20. The zero-order valence-corrected chi connectivity index (χ0v) is 12.9. The van der Waals surface area contributed by atoms with Gasteiger partial charge in [-0.15, -0.1) is 0 Å². The maximum absolute atomic E-state index is 10.7.